The van der Waals surface area contributed by atoms with Crippen molar-refractivity contribution < 1.29 is 37.6 Å². The van der Waals surface area contributed by atoms with Crippen molar-refractivity contribution in [2.45, 2.75) is 380 Å². The van der Waals surface area contributed by atoms with Crippen LogP contribution in [0.5, 0.6) is 0 Å². The van der Waals surface area contributed by atoms with Crippen molar-refractivity contribution in [1.29, 1.82) is 0 Å². The van der Waals surface area contributed by atoms with E-state index in [1.165, 1.54) is 244 Å². The monoisotopic (exact) mass is 1240 g/mol. The molecule has 0 heterocycles. The van der Waals surface area contributed by atoms with Crippen molar-refractivity contribution in [3.8, 4) is 0 Å². The first-order valence-corrected chi connectivity index (χ1v) is 38.9. The molecule has 2 unspecified atom stereocenters. The van der Waals surface area contributed by atoms with Crippen LogP contribution in [-0.4, -0.2) is 49.3 Å². The smallest absolute Gasteiger partial charge is 0.462 e. The minimum atomic E-state index is -4.40. The Kier molecular flexibility index (Phi) is 70.4. The van der Waals surface area contributed by atoms with Crippen LogP contribution in [0.2, 0.25) is 0 Å². The van der Waals surface area contributed by atoms with E-state index in [9.17, 15) is 19.0 Å². The summed E-state index contributed by atoms with van der Waals surface area (Å²) < 4.78 is 33.2. The first-order valence-electron chi connectivity index (χ1n) is 37.4. The zero-order valence-electron chi connectivity index (χ0n) is 57.3. The molecule has 0 bridgehead atoms. The van der Waals surface area contributed by atoms with E-state index in [1.807, 2.05) is 0 Å². The SMILES string of the molecule is CC/C=C\C/C=C\C/C=C\C/C=C\C/C=C\C/C=C\CCCCCCCCC(=O)OC(COC(=O)CCCCCCCCCCCCCCCCCCCCCCCCCCCCCCCCCCCCCCCCCCC)COP(=O)(O)OCCN. The van der Waals surface area contributed by atoms with Gasteiger partial charge < -0.3 is 20.1 Å². The zero-order chi connectivity index (χ0) is 63.0. The molecule has 0 aliphatic carbocycles. The van der Waals surface area contributed by atoms with Crippen LogP contribution in [0.25, 0.3) is 0 Å². The van der Waals surface area contributed by atoms with Gasteiger partial charge in [0, 0.05) is 19.4 Å². The van der Waals surface area contributed by atoms with Gasteiger partial charge in [0.15, 0.2) is 6.10 Å². The quantitative estimate of drug-likeness (QED) is 0.0264. The second-order valence-corrected chi connectivity index (χ2v) is 26.6. The molecule has 0 aliphatic rings. The Morgan fingerprint density at radius 1 is 0.356 bits per heavy atom. The van der Waals surface area contributed by atoms with E-state index in [0.29, 0.717) is 6.42 Å². The Morgan fingerprint density at radius 2 is 0.632 bits per heavy atom. The molecule has 0 radical (unpaired) electrons. The van der Waals surface area contributed by atoms with Crippen molar-refractivity contribution >= 4 is 19.8 Å². The van der Waals surface area contributed by atoms with Gasteiger partial charge in [-0.25, -0.2) is 4.57 Å². The summed E-state index contributed by atoms with van der Waals surface area (Å²) in [6.07, 6.45) is 96.1. The van der Waals surface area contributed by atoms with E-state index in [0.717, 1.165) is 96.3 Å². The largest absolute Gasteiger partial charge is 0.472 e. The summed E-state index contributed by atoms with van der Waals surface area (Å²) in [6, 6.07) is 0. The molecular weight excluding hydrogens is 1100 g/mol. The van der Waals surface area contributed by atoms with Gasteiger partial charge in [-0.2, -0.15) is 0 Å². The number of esters is 2. The number of allylic oxidation sites excluding steroid dienone is 12. The van der Waals surface area contributed by atoms with Crippen LogP contribution in [0.3, 0.4) is 0 Å². The molecule has 0 saturated heterocycles. The number of carbonyl (C=O) groups excluding carboxylic acids is 2. The maximum Gasteiger partial charge on any atom is 0.472 e. The summed E-state index contributed by atoms with van der Waals surface area (Å²) in [6.45, 7) is 3.66. The van der Waals surface area contributed by atoms with Gasteiger partial charge in [-0.15, -0.1) is 0 Å². The number of unbranched alkanes of at least 4 members (excludes halogenated alkanes) is 46. The number of phosphoric ester groups is 1. The summed E-state index contributed by atoms with van der Waals surface area (Å²) in [5, 5.41) is 0. The fourth-order valence-electron chi connectivity index (χ4n) is 11.1. The maximum absolute atomic E-state index is 12.8. The average molecular weight is 1240 g/mol. The number of phosphoric acid groups is 1. The van der Waals surface area contributed by atoms with Gasteiger partial charge in [0.1, 0.15) is 6.61 Å². The van der Waals surface area contributed by atoms with Crippen LogP contribution in [0, 0.1) is 0 Å². The van der Waals surface area contributed by atoms with Crippen molar-refractivity contribution in [2.75, 3.05) is 26.4 Å². The normalized spacial score (nSPS) is 13.3. The Labute approximate surface area is 539 Å². The van der Waals surface area contributed by atoms with Crippen LogP contribution < -0.4 is 5.73 Å². The van der Waals surface area contributed by atoms with Crippen molar-refractivity contribution in [2.24, 2.45) is 5.73 Å². The predicted molar refractivity (Wildman–Crippen MR) is 376 cm³/mol. The topological polar surface area (TPSA) is 134 Å². The van der Waals surface area contributed by atoms with E-state index >= 15 is 0 Å². The summed E-state index contributed by atoms with van der Waals surface area (Å²) in [4.78, 5) is 35.4. The van der Waals surface area contributed by atoms with E-state index in [-0.39, 0.29) is 38.6 Å². The van der Waals surface area contributed by atoms with Crippen LogP contribution >= 0.6 is 7.82 Å². The molecule has 0 amide bonds. The summed E-state index contributed by atoms with van der Waals surface area (Å²) >= 11 is 0. The number of nitrogens with two attached hydrogens (primary N) is 1. The molecule has 0 aromatic heterocycles. The van der Waals surface area contributed by atoms with E-state index in [1.54, 1.807) is 0 Å². The standard InChI is InChI=1S/C77H142NO8P/c1-3-5-7-9-11-13-15-17-19-21-23-25-27-29-30-31-32-33-34-35-36-37-38-39-40-41-42-43-44-46-47-49-51-53-55-57-59-61-63-65-67-69-76(79)83-73-75(74-85-87(81,82)84-72-71-78)86-77(80)70-68-66-64-62-60-58-56-54-52-50-48-45-28-26-24-22-20-18-16-14-12-10-8-6-4-2/h6,8,12,14,18,20,24,26,45,48,52,54,75H,3-5,7,9-11,13,15-17,19,21-23,25,27-44,46-47,49-51,53,55-74,78H2,1-2H3,(H,81,82)/b8-6-,14-12-,20-18-,26-24-,48-45-,54-52-. The molecule has 0 aromatic rings. The van der Waals surface area contributed by atoms with Gasteiger partial charge in [0.25, 0.3) is 0 Å². The van der Waals surface area contributed by atoms with Crippen LogP contribution in [0.1, 0.15) is 373 Å². The lowest BCUT2D eigenvalue weighted by molar-refractivity contribution is -0.161. The van der Waals surface area contributed by atoms with Crippen molar-refractivity contribution in [3.63, 3.8) is 0 Å². The fraction of sp³-hybridized carbons (Fsp3) is 0.818. The van der Waals surface area contributed by atoms with E-state index in [2.05, 4.69) is 86.8 Å². The highest BCUT2D eigenvalue weighted by atomic mass is 31.2. The molecule has 508 valence electrons. The highest BCUT2D eigenvalue weighted by molar-refractivity contribution is 7.47. The summed E-state index contributed by atoms with van der Waals surface area (Å²) in [5.74, 6) is -0.833. The number of carbonyl (C=O) groups is 2. The van der Waals surface area contributed by atoms with Crippen molar-refractivity contribution in [3.05, 3.63) is 72.9 Å². The van der Waals surface area contributed by atoms with E-state index < -0.39 is 26.5 Å². The molecule has 0 aliphatic heterocycles. The lowest BCUT2D eigenvalue weighted by atomic mass is 10.0. The molecule has 9 nitrogen and oxygen atoms in total. The van der Waals surface area contributed by atoms with Crippen LogP contribution in [-0.2, 0) is 32.7 Å². The molecule has 0 saturated carbocycles. The molecule has 0 fully saturated rings. The van der Waals surface area contributed by atoms with Gasteiger partial charge >= 0.3 is 19.8 Å². The third-order valence-corrected chi connectivity index (χ3v) is 17.6. The number of hydrogen-bond donors (Lipinski definition) is 2. The van der Waals surface area contributed by atoms with Crippen LogP contribution in [0.4, 0.5) is 0 Å². The predicted octanol–water partition coefficient (Wildman–Crippen LogP) is 24.8. The Bertz CT molecular complexity index is 1660. The maximum atomic E-state index is 12.8. The highest BCUT2D eigenvalue weighted by Crippen LogP contribution is 2.43. The molecule has 87 heavy (non-hydrogen) atoms. The Morgan fingerprint density at radius 3 is 0.943 bits per heavy atom. The lowest BCUT2D eigenvalue weighted by Gasteiger charge is -2.19. The number of rotatable bonds is 71. The van der Waals surface area contributed by atoms with Gasteiger partial charge in [0.05, 0.1) is 13.2 Å². The van der Waals surface area contributed by atoms with Gasteiger partial charge in [-0.05, 0) is 64.2 Å². The third kappa shape index (κ3) is 72.4. The minimum absolute atomic E-state index is 0.0488. The minimum Gasteiger partial charge on any atom is -0.462 e. The molecule has 2 atom stereocenters. The highest BCUT2D eigenvalue weighted by Gasteiger charge is 2.26. The molecule has 3 N–H and O–H groups in total. The third-order valence-electron chi connectivity index (χ3n) is 16.6. The Balaban J connectivity index is 3.77. The van der Waals surface area contributed by atoms with Crippen LogP contribution in [0.15, 0.2) is 72.9 Å². The molecular formula is C77H142NO8P. The second kappa shape index (κ2) is 72.5. The number of ether oxygens (including phenoxy) is 2. The fourth-order valence-corrected chi connectivity index (χ4v) is 11.9. The summed E-state index contributed by atoms with van der Waals surface area (Å²) in [5.41, 5.74) is 5.40. The molecule has 0 rings (SSSR count). The van der Waals surface area contributed by atoms with E-state index in [4.69, 9.17) is 24.3 Å². The van der Waals surface area contributed by atoms with Gasteiger partial charge in [-0.1, -0.05) is 369 Å². The lowest BCUT2D eigenvalue weighted by Crippen LogP contribution is -2.29. The first kappa shape index (κ1) is 84.5. The molecule has 0 aromatic carbocycles. The first-order chi connectivity index (χ1) is 42.8. The molecule has 0 spiro atoms. The average Bonchev–Trinajstić information content (AvgIpc) is 3.64. The van der Waals surface area contributed by atoms with Gasteiger partial charge in [0.2, 0.25) is 0 Å². The van der Waals surface area contributed by atoms with Crippen molar-refractivity contribution in [1.82, 2.24) is 0 Å². The number of hydrogen-bond acceptors (Lipinski definition) is 8. The summed E-state index contributed by atoms with van der Waals surface area (Å²) in [7, 11) is -4.40. The zero-order valence-corrected chi connectivity index (χ0v) is 58.2. The van der Waals surface area contributed by atoms with Gasteiger partial charge in [-0.3, -0.25) is 18.6 Å². The Hall–Kier alpha value is -2.55. The second-order valence-electron chi connectivity index (χ2n) is 25.1. The molecule has 10 heteroatoms.